The predicted molar refractivity (Wildman–Crippen MR) is 82.1 cm³/mol. The van der Waals surface area contributed by atoms with E-state index in [2.05, 4.69) is 10.0 Å². The number of rotatable bonds is 10. The largest absolute Gasteiger partial charge is 0.495 e. The van der Waals surface area contributed by atoms with Gasteiger partial charge in [0.1, 0.15) is 10.6 Å². The summed E-state index contributed by atoms with van der Waals surface area (Å²) in [6, 6.07) is 5.13. The lowest BCUT2D eigenvalue weighted by Crippen LogP contribution is -2.26. The summed E-state index contributed by atoms with van der Waals surface area (Å²) in [6.45, 7) is 4.00. The van der Waals surface area contributed by atoms with Crippen molar-refractivity contribution in [3.63, 3.8) is 0 Å². The molecule has 1 rings (SSSR count). The van der Waals surface area contributed by atoms with Crippen LogP contribution in [0.2, 0.25) is 0 Å². The van der Waals surface area contributed by atoms with E-state index in [0.717, 1.165) is 5.56 Å². The first-order chi connectivity index (χ1) is 10.0. The van der Waals surface area contributed by atoms with Gasteiger partial charge in [-0.25, -0.2) is 13.1 Å². The molecule has 21 heavy (non-hydrogen) atoms. The van der Waals surface area contributed by atoms with Crippen LogP contribution in [0.25, 0.3) is 0 Å². The zero-order chi connectivity index (χ0) is 15.7. The van der Waals surface area contributed by atoms with Crippen molar-refractivity contribution in [3.8, 4) is 5.75 Å². The van der Waals surface area contributed by atoms with Gasteiger partial charge >= 0.3 is 0 Å². The molecular weight excluding hydrogens is 292 g/mol. The van der Waals surface area contributed by atoms with Gasteiger partial charge in [-0.15, -0.1) is 0 Å². The summed E-state index contributed by atoms with van der Waals surface area (Å²) in [5.41, 5.74) is 0.882. The van der Waals surface area contributed by atoms with Crippen molar-refractivity contribution in [1.29, 1.82) is 0 Å². The molecule has 0 aliphatic heterocycles. The fraction of sp³-hybridized carbons (Fsp3) is 0.571. The van der Waals surface area contributed by atoms with Crippen LogP contribution in [0.1, 0.15) is 18.9 Å². The van der Waals surface area contributed by atoms with Crippen LogP contribution >= 0.6 is 0 Å². The van der Waals surface area contributed by atoms with Crippen LogP contribution in [0, 0.1) is 0 Å². The zero-order valence-corrected chi connectivity index (χ0v) is 13.6. The van der Waals surface area contributed by atoms with Gasteiger partial charge in [0.2, 0.25) is 10.0 Å². The van der Waals surface area contributed by atoms with Crippen LogP contribution in [0.15, 0.2) is 23.1 Å². The maximum absolute atomic E-state index is 12.3. The lowest BCUT2D eigenvalue weighted by Gasteiger charge is -2.12. The molecule has 0 saturated heterocycles. The summed E-state index contributed by atoms with van der Waals surface area (Å²) in [5.74, 6) is 0.340. The second-order valence-electron chi connectivity index (χ2n) is 4.46. The normalized spacial score (nSPS) is 11.6. The maximum atomic E-state index is 12.3. The van der Waals surface area contributed by atoms with Crippen LogP contribution in [0.3, 0.4) is 0 Å². The highest BCUT2D eigenvalue weighted by Crippen LogP contribution is 2.24. The average molecular weight is 316 g/mol. The molecule has 0 aliphatic rings. The number of sulfonamides is 1. The Morgan fingerprint density at radius 2 is 2.05 bits per heavy atom. The number of hydrogen-bond donors (Lipinski definition) is 2. The summed E-state index contributed by atoms with van der Waals surface area (Å²) in [5, 5.41) is 2.99. The van der Waals surface area contributed by atoms with Crippen molar-refractivity contribution in [2.45, 2.75) is 24.8 Å². The minimum Gasteiger partial charge on any atom is -0.495 e. The molecule has 0 spiro atoms. The second-order valence-corrected chi connectivity index (χ2v) is 6.20. The van der Waals surface area contributed by atoms with Gasteiger partial charge in [0.25, 0.3) is 0 Å². The van der Waals surface area contributed by atoms with Gasteiger partial charge in [0.15, 0.2) is 0 Å². The Bertz CT molecular complexity index is 532. The van der Waals surface area contributed by atoms with Gasteiger partial charge < -0.3 is 14.8 Å². The van der Waals surface area contributed by atoms with E-state index in [1.165, 1.54) is 7.11 Å². The van der Waals surface area contributed by atoms with E-state index >= 15 is 0 Å². The molecule has 0 radical (unpaired) electrons. The van der Waals surface area contributed by atoms with Crippen molar-refractivity contribution in [2.24, 2.45) is 0 Å². The topological polar surface area (TPSA) is 76.7 Å². The van der Waals surface area contributed by atoms with Crippen molar-refractivity contribution >= 4 is 10.0 Å². The Hall–Kier alpha value is -1.15. The second kappa shape index (κ2) is 8.99. The molecule has 0 unspecified atom stereocenters. The maximum Gasteiger partial charge on any atom is 0.244 e. The highest BCUT2D eigenvalue weighted by molar-refractivity contribution is 7.89. The SMILES string of the molecule is CCOCCCNS(=O)(=O)c1cc(CNC)ccc1OC. The molecule has 120 valence electrons. The van der Waals surface area contributed by atoms with Crippen molar-refractivity contribution in [2.75, 3.05) is 33.9 Å². The standard InChI is InChI=1S/C14H24N2O4S/c1-4-20-9-5-8-16-21(17,18)14-10-12(11-15-2)6-7-13(14)19-3/h6-7,10,15-16H,4-5,8-9,11H2,1-3H3. The fourth-order valence-electron chi connectivity index (χ4n) is 1.85. The van der Waals surface area contributed by atoms with Crippen molar-refractivity contribution < 1.29 is 17.9 Å². The zero-order valence-electron chi connectivity index (χ0n) is 12.8. The van der Waals surface area contributed by atoms with Crippen LogP contribution in [0.5, 0.6) is 5.75 Å². The van der Waals surface area contributed by atoms with Crippen LogP contribution in [-0.4, -0.2) is 42.3 Å². The highest BCUT2D eigenvalue weighted by Gasteiger charge is 2.19. The number of methoxy groups -OCH3 is 1. The minimum absolute atomic E-state index is 0.161. The van der Waals surface area contributed by atoms with Crippen molar-refractivity contribution in [1.82, 2.24) is 10.0 Å². The molecule has 0 atom stereocenters. The minimum atomic E-state index is -3.59. The Morgan fingerprint density at radius 3 is 2.67 bits per heavy atom. The van der Waals surface area contributed by atoms with E-state index in [1.54, 1.807) is 12.1 Å². The molecular formula is C14H24N2O4S. The Balaban J connectivity index is 2.82. The first-order valence-corrected chi connectivity index (χ1v) is 8.42. The summed E-state index contributed by atoms with van der Waals surface area (Å²) >= 11 is 0. The molecule has 0 bridgehead atoms. The third kappa shape index (κ3) is 5.62. The van der Waals surface area contributed by atoms with Gasteiger partial charge in [0.05, 0.1) is 7.11 Å². The lowest BCUT2D eigenvalue weighted by molar-refractivity contribution is 0.146. The Kier molecular flexibility index (Phi) is 7.66. The van der Waals surface area contributed by atoms with E-state index in [1.807, 2.05) is 20.0 Å². The quantitative estimate of drug-likeness (QED) is 0.633. The van der Waals surface area contributed by atoms with E-state index in [4.69, 9.17) is 9.47 Å². The predicted octanol–water partition coefficient (Wildman–Crippen LogP) is 1.12. The van der Waals surface area contributed by atoms with E-state index in [-0.39, 0.29) is 4.90 Å². The molecule has 1 aromatic rings. The third-order valence-corrected chi connectivity index (χ3v) is 4.34. The number of benzene rings is 1. The smallest absolute Gasteiger partial charge is 0.244 e. The van der Waals surface area contributed by atoms with Gasteiger partial charge in [-0.3, -0.25) is 0 Å². The molecule has 0 saturated carbocycles. The molecule has 1 aromatic carbocycles. The molecule has 0 aliphatic carbocycles. The van der Waals surface area contributed by atoms with E-state index < -0.39 is 10.0 Å². The molecule has 2 N–H and O–H groups in total. The molecule has 6 nitrogen and oxygen atoms in total. The number of ether oxygens (including phenoxy) is 2. The van der Waals surface area contributed by atoms with E-state index in [0.29, 0.717) is 38.5 Å². The highest BCUT2D eigenvalue weighted by atomic mass is 32.2. The van der Waals surface area contributed by atoms with Crippen LogP contribution in [0.4, 0.5) is 0 Å². The van der Waals surface area contributed by atoms with Gasteiger partial charge in [0, 0.05) is 26.3 Å². The van der Waals surface area contributed by atoms with Crippen molar-refractivity contribution in [3.05, 3.63) is 23.8 Å². The molecule has 0 aromatic heterocycles. The third-order valence-electron chi connectivity index (χ3n) is 2.86. The van der Waals surface area contributed by atoms with Crippen LogP contribution < -0.4 is 14.8 Å². The molecule has 0 amide bonds. The van der Waals surface area contributed by atoms with E-state index in [9.17, 15) is 8.42 Å². The average Bonchev–Trinajstić information content (AvgIpc) is 2.47. The lowest BCUT2D eigenvalue weighted by atomic mass is 10.2. The molecule has 0 fully saturated rings. The first kappa shape index (κ1) is 17.9. The molecule has 0 heterocycles. The van der Waals surface area contributed by atoms with Gasteiger partial charge in [-0.1, -0.05) is 6.07 Å². The van der Waals surface area contributed by atoms with Gasteiger partial charge in [-0.2, -0.15) is 0 Å². The first-order valence-electron chi connectivity index (χ1n) is 6.94. The summed E-state index contributed by atoms with van der Waals surface area (Å²) < 4.78 is 37.6. The summed E-state index contributed by atoms with van der Waals surface area (Å²) in [6.07, 6.45) is 0.631. The molecule has 7 heteroatoms. The Labute approximate surface area is 126 Å². The monoisotopic (exact) mass is 316 g/mol. The summed E-state index contributed by atoms with van der Waals surface area (Å²) in [4.78, 5) is 0.161. The number of nitrogens with one attached hydrogen (secondary N) is 2. The number of hydrogen-bond acceptors (Lipinski definition) is 5. The Morgan fingerprint density at radius 1 is 1.29 bits per heavy atom. The fourth-order valence-corrected chi connectivity index (χ4v) is 3.14. The van der Waals surface area contributed by atoms with Crippen LogP contribution in [-0.2, 0) is 21.3 Å². The van der Waals surface area contributed by atoms with Gasteiger partial charge in [-0.05, 0) is 38.1 Å². The summed E-state index contributed by atoms with van der Waals surface area (Å²) in [7, 11) is -0.320.